The fraction of sp³-hybridized carbons (Fsp3) is 0.444. The SMILES string of the molecule is CC(C)(CCCOc1ccc(-c2nc3ccccc3n2CCCC(C)(C)C(=O)O)cc1)C(=O)O. The van der Waals surface area contributed by atoms with E-state index in [0.29, 0.717) is 32.4 Å². The zero-order valence-electron chi connectivity index (χ0n) is 20.4. The van der Waals surface area contributed by atoms with Crippen LogP contribution in [-0.4, -0.2) is 38.3 Å². The molecule has 3 aromatic rings. The molecule has 1 heterocycles. The van der Waals surface area contributed by atoms with E-state index < -0.39 is 22.8 Å². The number of carbonyl (C=O) groups is 2. The molecule has 34 heavy (non-hydrogen) atoms. The van der Waals surface area contributed by atoms with E-state index in [1.165, 1.54) is 0 Å². The minimum atomic E-state index is -0.800. The summed E-state index contributed by atoms with van der Waals surface area (Å²) in [6.07, 6.45) is 2.49. The van der Waals surface area contributed by atoms with E-state index in [-0.39, 0.29) is 0 Å². The van der Waals surface area contributed by atoms with Gasteiger partial charge in [0.05, 0.1) is 28.5 Å². The second-order valence-corrected chi connectivity index (χ2v) is 10.0. The van der Waals surface area contributed by atoms with Crippen molar-refractivity contribution in [1.29, 1.82) is 0 Å². The minimum absolute atomic E-state index is 0.452. The zero-order chi connectivity index (χ0) is 24.9. The highest BCUT2D eigenvalue weighted by Gasteiger charge is 2.27. The van der Waals surface area contributed by atoms with Gasteiger partial charge in [0.2, 0.25) is 0 Å². The van der Waals surface area contributed by atoms with Gasteiger partial charge in [0.1, 0.15) is 11.6 Å². The fourth-order valence-corrected chi connectivity index (χ4v) is 3.82. The van der Waals surface area contributed by atoms with Gasteiger partial charge in [-0.25, -0.2) is 4.98 Å². The summed E-state index contributed by atoms with van der Waals surface area (Å²) in [7, 11) is 0. The Labute approximate surface area is 200 Å². The maximum absolute atomic E-state index is 11.5. The van der Waals surface area contributed by atoms with Crippen LogP contribution in [0.15, 0.2) is 48.5 Å². The molecule has 3 rings (SSSR count). The molecular weight excluding hydrogens is 432 g/mol. The molecule has 0 aliphatic heterocycles. The summed E-state index contributed by atoms with van der Waals surface area (Å²) >= 11 is 0. The molecule has 0 aliphatic carbocycles. The highest BCUT2D eigenvalue weighted by molar-refractivity contribution is 5.80. The number of aromatic nitrogens is 2. The van der Waals surface area contributed by atoms with Crippen molar-refractivity contribution in [1.82, 2.24) is 9.55 Å². The van der Waals surface area contributed by atoms with Crippen LogP contribution in [-0.2, 0) is 16.1 Å². The van der Waals surface area contributed by atoms with Gasteiger partial charge < -0.3 is 19.5 Å². The average Bonchev–Trinajstić information content (AvgIpc) is 3.15. The van der Waals surface area contributed by atoms with Crippen LogP contribution < -0.4 is 4.74 Å². The summed E-state index contributed by atoms with van der Waals surface area (Å²) in [6, 6.07) is 15.7. The molecule has 0 saturated carbocycles. The standard InChI is InChI=1S/C27H34N2O5/c1-26(2,24(30)31)15-7-17-29-22-10-6-5-9-21(22)28-23(29)19-11-13-20(14-12-19)34-18-8-16-27(3,4)25(32)33/h5-6,9-14H,7-8,15-18H2,1-4H3,(H,30,31)(H,32,33). The maximum atomic E-state index is 11.5. The van der Waals surface area contributed by atoms with Gasteiger partial charge in [0.15, 0.2) is 0 Å². The Balaban J connectivity index is 1.71. The number of carboxylic acids is 2. The largest absolute Gasteiger partial charge is 0.494 e. The molecule has 0 spiro atoms. The summed E-state index contributed by atoms with van der Waals surface area (Å²) in [5, 5.41) is 18.6. The van der Waals surface area contributed by atoms with Gasteiger partial charge in [0, 0.05) is 12.1 Å². The number of hydrogen-bond acceptors (Lipinski definition) is 4. The summed E-state index contributed by atoms with van der Waals surface area (Å²) in [5.41, 5.74) is 1.35. The highest BCUT2D eigenvalue weighted by atomic mass is 16.5. The van der Waals surface area contributed by atoms with Gasteiger partial charge in [-0.05, 0) is 89.8 Å². The molecule has 0 aliphatic rings. The van der Waals surface area contributed by atoms with Crippen LogP contribution in [0.1, 0.15) is 53.4 Å². The van der Waals surface area contributed by atoms with Gasteiger partial charge in [-0.3, -0.25) is 9.59 Å². The highest BCUT2D eigenvalue weighted by Crippen LogP contribution is 2.29. The first-order chi connectivity index (χ1) is 16.0. The Morgan fingerprint density at radius 1 is 0.882 bits per heavy atom. The molecule has 0 radical (unpaired) electrons. The summed E-state index contributed by atoms with van der Waals surface area (Å²) in [6.45, 7) is 8.07. The van der Waals surface area contributed by atoms with E-state index in [0.717, 1.165) is 34.6 Å². The second kappa shape index (κ2) is 10.3. The number of benzene rings is 2. The average molecular weight is 467 g/mol. The number of imidazole rings is 1. The van der Waals surface area contributed by atoms with Crippen molar-refractivity contribution in [2.45, 2.75) is 59.9 Å². The lowest BCUT2D eigenvalue weighted by atomic mass is 9.88. The van der Waals surface area contributed by atoms with E-state index in [1.807, 2.05) is 48.5 Å². The molecule has 0 saturated heterocycles. The molecule has 2 aromatic carbocycles. The Hall–Kier alpha value is -3.35. The first-order valence-corrected chi connectivity index (χ1v) is 11.7. The second-order valence-electron chi connectivity index (χ2n) is 10.0. The minimum Gasteiger partial charge on any atom is -0.494 e. The molecule has 1 aromatic heterocycles. The lowest BCUT2D eigenvalue weighted by Crippen LogP contribution is -2.24. The first-order valence-electron chi connectivity index (χ1n) is 11.7. The third kappa shape index (κ3) is 5.95. The van der Waals surface area contributed by atoms with Gasteiger partial charge in [-0.2, -0.15) is 0 Å². The number of hydrogen-bond donors (Lipinski definition) is 2. The summed E-state index contributed by atoms with van der Waals surface area (Å²) in [5.74, 6) is -0.0246. The van der Waals surface area contributed by atoms with Crippen molar-refractivity contribution < 1.29 is 24.5 Å². The molecule has 182 valence electrons. The Kier molecular flexibility index (Phi) is 7.64. The van der Waals surface area contributed by atoms with Crippen LogP contribution in [0.25, 0.3) is 22.4 Å². The third-order valence-electron chi connectivity index (χ3n) is 6.32. The smallest absolute Gasteiger partial charge is 0.309 e. The van der Waals surface area contributed by atoms with Crippen LogP contribution >= 0.6 is 0 Å². The van der Waals surface area contributed by atoms with E-state index in [2.05, 4.69) is 4.57 Å². The van der Waals surface area contributed by atoms with Crippen molar-refractivity contribution in [3.8, 4) is 17.1 Å². The van der Waals surface area contributed by atoms with Crippen molar-refractivity contribution >= 4 is 23.0 Å². The number of carboxylic acid groups (broad SMARTS) is 2. The Morgan fingerprint density at radius 2 is 1.47 bits per heavy atom. The number of rotatable bonds is 12. The number of aliphatic carboxylic acids is 2. The molecule has 0 bridgehead atoms. The van der Waals surface area contributed by atoms with Gasteiger partial charge in [-0.15, -0.1) is 0 Å². The van der Waals surface area contributed by atoms with Crippen molar-refractivity contribution in [2.75, 3.05) is 6.61 Å². The van der Waals surface area contributed by atoms with Crippen LogP contribution in [0.4, 0.5) is 0 Å². The van der Waals surface area contributed by atoms with E-state index in [4.69, 9.17) is 9.72 Å². The number of para-hydroxylation sites is 2. The van der Waals surface area contributed by atoms with Gasteiger partial charge in [-0.1, -0.05) is 12.1 Å². The van der Waals surface area contributed by atoms with Gasteiger partial charge >= 0.3 is 11.9 Å². The third-order valence-corrected chi connectivity index (χ3v) is 6.32. The van der Waals surface area contributed by atoms with E-state index in [9.17, 15) is 19.8 Å². The predicted molar refractivity (Wildman–Crippen MR) is 132 cm³/mol. The number of nitrogens with zero attached hydrogens (tertiary/aromatic N) is 2. The molecule has 0 unspecified atom stereocenters. The lowest BCUT2D eigenvalue weighted by molar-refractivity contribution is -0.148. The molecule has 0 atom stereocenters. The van der Waals surface area contributed by atoms with Crippen molar-refractivity contribution in [2.24, 2.45) is 10.8 Å². The molecular formula is C27H34N2O5. The molecule has 0 fully saturated rings. The first kappa shape index (κ1) is 25.3. The number of aryl methyl sites for hydroxylation is 1. The maximum Gasteiger partial charge on any atom is 0.309 e. The molecule has 2 N–H and O–H groups in total. The Morgan fingerprint density at radius 3 is 2.09 bits per heavy atom. The molecule has 7 nitrogen and oxygen atoms in total. The lowest BCUT2D eigenvalue weighted by Gasteiger charge is -2.19. The fourth-order valence-electron chi connectivity index (χ4n) is 3.82. The number of fused-ring (bicyclic) bond motifs is 1. The monoisotopic (exact) mass is 466 g/mol. The zero-order valence-corrected chi connectivity index (χ0v) is 20.4. The quantitative estimate of drug-likeness (QED) is 0.324. The van der Waals surface area contributed by atoms with Crippen LogP contribution in [0, 0.1) is 10.8 Å². The van der Waals surface area contributed by atoms with Crippen molar-refractivity contribution in [3.63, 3.8) is 0 Å². The predicted octanol–water partition coefficient (Wildman–Crippen LogP) is 5.86. The van der Waals surface area contributed by atoms with E-state index >= 15 is 0 Å². The van der Waals surface area contributed by atoms with Gasteiger partial charge in [0.25, 0.3) is 0 Å². The normalized spacial score (nSPS) is 12.1. The summed E-state index contributed by atoms with van der Waals surface area (Å²) in [4.78, 5) is 27.5. The van der Waals surface area contributed by atoms with Crippen LogP contribution in [0.3, 0.4) is 0 Å². The van der Waals surface area contributed by atoms with Crippen LogP contribution in [0.2, 0.25) is 0 Å². The topological polar surface area (TPSA) is 102 Å². The van der Waals surface area contributed by atoms with Crippen LogP contribution in [0.5, 0.6) is 5.75 Å². The Bertz CT molecular complexity index is 1150. The number of ether oxygens (including phenoxy) is 1. The van der Waals surface area contributed by atoms with E-state index in [1.54, 1.807) is 27.7 Å². The molecule has 0 amide bonds. The summed E-state index contributed by atoms with van der Waals surface area (Å²) < 4.78 is 7.96. The van der Waals surface area contributed by atoms with Crippen molar-refractivity contribution in [3.05, 3.63) is 48.5 Å². The molecule has 7 heteroatoms.